The zero-order valence-corrected chi connectivity index (χ0v) is 17.3. The minimum atomic E-state index is -1.71. The molecule has 4 rings (SSSR count). The molecule has 30 heavy (non-hydrogen) atoms. The van der Waals surface area contributed by atoms with Crippen molar-refractivity contribution in [2.75, 3.05) is 0 Å². The molecule has 4 aromatic carbocycles. The van der Waals surface area contributed by atoms with Crippen molar-refractivity contribution in [1.82, 2.24) is 0 Å². The normalized spacial score (nSPS) is 15.2. The molecule has 2 nitrogen and oxygen atoms in total. The summed E-state index contributed by atoms with van der Waals surface area (Å²) in [5.41, 5.74) is 1.27. The summed E-state index contributed by atoms with van der Waals surface area (Å²) in [4.78, 5) is 0. The second-order valence-electron chi connectivity index (χ2n) is 7.88. The molecule has 0 aliphatic heterocycles. The molecule has 2 N–H and O–H groups in total. The van der Waals surface area contributed by atoms with Gasteiger partial charge in [0.15, 0.2) is 11.2 Å². The molecule has 0 aliphatic carbocycles. The molecule has 0 fully saturated rings. The Kier molecular flexibility index (Phi) is 5.29. The van der Waals surface area contributed by atoms with Gasteiger partial charge in [0, 0.05) is 0 Å². The van der Waals surface area contributed by atoms with Crippen molar-refractivity contribution in [2.45, 2.75) is 25.0 Å². The molecule has 0 saturated carbocycles. The molecule has 0 heterocycles. The summed E-state index contributed by atoms with van der Waals surface area (Å²) in [6, 6.07) is 34.2. The van der Waals surface area contributed by atoms with E-state index in [0.717, 1.165) is 11.1 Å². The molecule has 0 saturated heterocycles. The first-order valence-electron chi connectivity index (χ1n) is 10.2. The van der Waals surface area contributed by atoms with Crippen molar-refractivity contribution in [1.29, 1.82) is 0 Å². The molecule has 150 valence electrons. The van der Waals surface area contributed by atoms with E-state index in [9.17, 15) is 10.2 Å². The van der Waals surface area contributed by atoms with Crippen molar-refractivity contribution in [3.05, 3.63) is 143 Å². The standard InChI is InChI=1S/C28H26O2/c1-21-13-17-25(18-14-21)27(29,23-9-5-3-6-10-23)28(30,24-11-7-4-8-12-24)26-19-15-22(2)16-20-26/h3-20,29-30H,1-2H3/t27-,28-/m0/s1. The average molecular weight is 395 g/mol. The van der Waals surface area contributed by atoms with Crippen molar-refractivity contribution >= 4 is 0 Å². The van der Waals surface area contributed by atoms with Crippen LogP contribution in [0.5, 0.6) is 0 Å². The molecule has 0 unspecified atom stereocenters. The maximum absolute atomic E-state index is 12.5. The molecule has 2 atom stereocenters. The number of rotatable bonds is 5. The maximum Gasteiger partial charge on any atom is 0.152 e. The van der Waals surface area contributed by atoms with Crippen molar-refractivity contribution in [3.63, 3.8) is 0 Å². The van der Waals surface area contributed by atoms with Crippen molar-refractivity contribution < 1.29 is 10.2 Å². The Balaban J connectivity index is 2.08. The van der Waals surface area contributed by atoms with E-state index in [2.05, 4.69) is 0 Å². The molecule has 2 heteroatoms. The largest absolute Gasteiger partial charge is 0.377 e. The van der Waals surface area contributed by atoms with Crippen LogP contribution >= 0.6 is 0 Å². The van der Waals surface area contributed by atoms with Crippen LogP contribution in [-0.4, -0.2) is 10.2 Å². The Bertz CT molecular complexity index is 1010. The van der Waals surface area contributed by atoms with Crippen LogP contribution in [0.25, 0.3) is 0 Å². The van der Waals surface area contributed by atoms with Crippen LogP contribution < -0.4 is 0 Å². The van der Waals surface area contributed by atoms with Gasteiger partial charge in [-0.1, -0.05) is 120 Å². The smallest absolute Gasteiger partial charge is 0.152 e. The lowest BCUT2D eigenvalue weighted by Gasteiger charge is -2.45. The first kappa shape index (κ1) is 20.1. The highest BCUT2D eigenvalue weighted by Gasteiger charge is 2.54. The summed E-state index contributed by atoms with van der Waals surface area (Å²) in [7, 11) is 0. The Labute approximate surface area is 178 Å². The second kappa shape index (κ2) is 7.91. The Hall–Kier alpha value is -3.20. The lowest BCUT2D eigenvalue weighted by molar-refractivity contribution is -0.113. The van der Waals surface area contributed by atoms with E-state index in [4.69, 9.17) is 0 Å². The molecule has 0 aromatic heterocycles. The Morgan fingerprint density at radius 3 is 0.967 bits per heavy atom. The quantitative estimate of drug-likeness (QED) is 0.471. The van der Waals surface area contributed by atoms with Gasteiger partial charge in [-0.15, -0.1) is 0 Å². The van der Waals surface area contributed by atoms with Gasteiger partial charge in [-0.05, 0) is 36.1 Å². The fourth-order valence-corrected chi connectivity index (χ4v) is 4.12. The van der Waals surface area contributed by atoms with E-state index in [1.807, 2.05) is 123 Å². The number of aryl methyl sites for hydroxylation is 2. The van der Waals surface area contributed by atoms with Crippen LogP contribution in [-0.2, 0) is 11.2 Å². The lowest BCUT2D eigenvalue weighted by Crippen LogP contribution is -2.51. The predicted molar refractivity (Wildman–Crippen MR) is 121 cm³/mol. The van der Waals surface area contributed by atoms with Crippen LogP contribution in [0.4, 0.5) is 0 Å². The van der Waals surface area contributed by atoms with E-state index in [1.165, 1.54) is 0 Å². The van der Waals surface area contributed by atoms with Gasteiger partial charge in [0.05, 0.1) is 0 Å². The summed E-state index contributed by atoms with van der Waals surface area (Å²) in [6.45, 7) is 4.02. The minimum Gasteiger partial charge on any atom is -0.377 e. The number of hydrogen-bond acceptors (Lipinski definition) is 2. The van der Waals surface area contributed by atoms with Gasteiger partial charge in [0.2, 0.25) is 0 Å². The fraction of sp³-hybridized carbons (Fsp3) is 0.143. The van der Waals surface area contributed by atoms with Crippen molar-refractivity contribution in [3.8, 4) is 0 Å². The first-order valence-corrected chi connectivity index (χ1v) is 10.2. The molecule has 0 radical (unpaired) electrons. The Morgan fingerprint density at radius 1 is 0.400 bits per heavy atom. The summed E-state index contributed by atoms with van der Waals surface area (Å²) in [5, 5.41) is 25.0. The number of hydrogen-bond donors (Lipinski definition) is 2. The Morgan fingerprint density at radius 2 is 0.667 bits per heavy atom. The van der Waals surface area contributed by atoms with E-state index in [-0.39, 0.29) is 0 Å². The zero-order chi connectivity index (χ0) is 21.2. The van der Waals surface area contributed by atoms with Gasteiger partial charge < -0.3 is 10.2 Å². The van der Waals surface area contributed by atoms with Gasteiger partial charge in [0.25, 0.3) is 0 Å². The lowest BCUT2D eigenvalue weighted by atomic mass is 9.66. The van der Waals surface area contributed by atoms with Crippen LogP contribution in [0.2, 0.25) is 0 Å². The molecule has 0 spiro atoms. The SMILES string of the molecule is Cc1ccc([C@@](O)(c2ccccc2)[C@](O)(c2ccccc2)c2ccc(C)cc2)cc1. The van der Waals surface area contributed by atoms with Crippen LogP contribution in [0.15, 0.2) is 109 Å². The third-order valence-corrected chi connectivity index (χ3v) is 5.85. The van der Waals surface area contributed by atoms with Crippen LogP contribution in [0.1, 0.15) is 33.4 Å². The van der Waals surface area contributed by atoms with Gasteiger partial charge in [-0.25, -0.2) is 0 Å². The maximum atomic E-state index is 12.5. The average Bonchev–Trinajstić information content (AvgIpc) is 2.80. The topological polar surface area (TPSA) is 40.5 Å². The summed E-state index contributed by atoms with van der Waals surface area (Å²) in [6.07, 6.45) is 0. The summed E-state index contributed by atoms with van der Waals surface area (Å²) >= 11 is 0. The monoisotopic (exact) mass is 394 g/mol. The van der Waals surface area contributed by atoms with E-state index in [1.54, 1.807) is 0 Å². The third-order valence-electron chi connectivity index (χ3n) is 5.85. The summed E-state index contributed by atoms with van der Waals surface area (Å²) < 4.78 is 0. The summed E-state index contributed by atoms with van der Waals surface area (Å²) in [5.74, 6) is 0. The van der Waals surface area contributed by atoms with Gasteiger partial charge in [0.1, 0.15) is 0 Å². The molecule has 4 aromatic rings. The van der Waals surface area contributed by atoms with Gasteiger partial charge >= 0.3 is 0 Å². The molecular formula is C28H26O2. The minimum absolute atomic E-state index is 0.626. The zero-order valence-electron chi connectivity index (χ0n) is 17.3. The highest BCUT2D eigenvalue weighted by atomic mass is 16.4. The first-order chi connectivity index (χ1) is 14.5. The number of aliphatic hydroxyl groups is 2. The van der Waals surface area contributed by atoms with E-state index in [0.29, 0.717) is 22.3 Å². The highest BCUT2D eigenvalue weighted by molar-refractivity contribution is 5.51. The molecule has 0 aliphatic rings. The van der Waals surface area contributed by atoms with Gasteiger partial charge in [-0.3, -0.25) is 0 Å². The highest BCUT2D eigenvalue weighted by Crippen LogP contribution is 2.49. The van der Waals surface area contributed by atoms with Crippen LogP contribution in [0.3, 0.4) is 0 Å². The van der Waals surface area contributed by atoms with E-state index < -0.39 is 11.2 Å². The molecule has 0 bridgehead atoms. The van der Waals surface area contributed by atoms with E-state index >= 15 is 0 Å². The molecule has 0 amide bonds. The molecular weight excluding hydrogens is 368 g/mol. The number of benzene rings is 4. The fourth-order valence-electron chi connectivity index (χ4n) is 4.12. The van der Waals surface area contributed by atoms with Crippen LogP contribution in [0, 0.1) is 13.8 Å². The predicted octanol–water partition coefficient (Wildman–Crippen LogP) is 5.48. The van der Waals surface area contributed by atoms with Gasteiger partial charge in [-0.2, -0.15) is 0 Å². The second-order valence-corrected chi connectivity index (χ2v) is 7.88. The third kappa shape index (κ3) is 3.24. The van der Waals surface area contributed by atoms with Crippen molar-refractivity contribution in [2.24, 2.45) is 0 Å².